The molecule has 2 N–H and O–H groups in total. The number of rotatable bonds is 6. The molecule has 0 aliphatic heterocycles. The van der Waals surface area contributed by atoms with Crippen molar-refractivity contribution in [3.05, 3.63) is 84.2 Å². The first-order valence-electron chi connectivity index (χ1n) is 8.01. The van der Waals surface area contributed by atoms with E-state index in [9.17, 15) is 9.59 Å². The topological polar surface area (TPSA) is 80.4 Å². The van der Waals surface area contributed by atoms with Gasteiger partial charge in [0.15, 0.2) is 0 Å². The van der Waals surface area contributed by atoms with Crippen molar-refractivity contribution in [2.45, 2.75) is 6.10 Å². The standard InChI is InChI=1S/C20H18N2O4/c1-25-16-10-5-9-15(13-16)22-19(23)18(14-7-3-2-4-8-14)26-20(24)17-11-6-12-21-17/h2-13,18,21H,1H3,(H,22,23)/t18-/m1/s1. The van der Waals surface area contributed by atoms with Gasteiger partial charge in [0.1, 0.15) is 11.4 Å². The number of aromatic amines is 1. The zero-order valence-electron chi connectivity index (χ0n) is 14.1. The smallest absolute Gasteiger partial charge is 0.355 e. The first-order chi connectivity index (χ1) is 12.7. The van der Waals surface area contributed by atoms with Crippen LogP contribution in [0.5, 0.6) is 5.75 Å². The number of hydrogen-bond donors (Lipinski definition) is 2. The summed E-state index contributed by atoms with van der Waals surface area (Å²) in [5.41, 5.74) is 1.40. The second kappa shape index (κ2) is 8.02. The molecule has 0 saturated heterocycles. The summed E-state index contributed by atoms with van der Waals surface area (Å²) in [5, 5.41) is 2.76. The lowest BCUT2D eigenvalue weighted by molar-refractivity contribution is -0.125. The van der Waals surface area contributed by atoms with Crippen LogP contribution < -0.4 is 10.1 Å². The van der Waals surface area contributed by atoms with Crippen molar-refractivity contribution in [2.24, 2.45) is 0 Å². The van der Waals surface area contributed by atoms with Gasteiger partial charge in [-0.05, 0) is 24.3 Å². The Kier molecular flexibility index (Phi) is 5.34. The second-order valence-electron chi connectivity index (χ2n) is 5.50. The molecule has 26 heavy (non-hydrogen) atoms. The number of carbonyl (C=O) groups is 2. The average molecular weight is 350 g/mol. The van der Waals surface area contributed by atoms with Gasteiger partial charge < -0.3 is 19.8 Å². The molecule has 0 radical (unpaired) electrons. The Morgan fingerprint density at radius 3 is 2.50 bits per heavy atom. The summed E-state index contributed by atoms with van der Waals surface area (Å²) < 4.78 is 10.6. The van der Waals surface area contributed by atoms with E-state index in [1.54, 1.807) is 74.0 Å². The molecule has 1 amide bonds. The van der Waals surface area contributed by atoms with Crippen molar-refractivity contribution in [2.75, 3.05) is 12.4 Å². The van der Waals surface area contributed by atoms with E-state index in [0.29, 0.717) is 17.0 Å². The number of aromatic nitrogens is 1. The molecule has 1 heterocycles. The fourth-order valence-electron chi connectivity index (χ4n) is 2.44. The molecule has 1 aromatic heterocycles. The van der Waals surface area contributed by atoms with Crippen LogP contribution in [0.2, 0.25) is 0 Å². The number of anilines is 1. The van der Waals surface area contributed by atoms with Crippen LogP contribution in [0.15, 0.2) is 72.9 Å². The fourth-order valence-corrected chi connectivity index (χ4v) is 2.44. The van der Waals surface area contributed by atoms with Crippen LogP contribution in [0.3, 0.4) is 0 Å². The molecule has 6 nitrogen and oxygen atoms in total. The third-order valence-corrected chi connectivity index (χ3v) is 3.72. The van der Waals surface area contributed by atoms with Crippen LogP contribution >= 0.6 is 0 Å². The van der Waals surface area contributed by atoms with Gasteiger partial charge in [-0.3, -0.25) is 4.79 Å². The minimum atomic E-state index is -1.08. The average Bonchev–Trinajstić information content (AvgIpc) is 3.21. The summed E-state index contributed by atoms with van der Waals surface area (Å²) in [6.45, 7) is 0. The highest BCUT2D eigenvalue weighted by molar-refractivity contribution is 5.97. The highest BCUT2D eigenvalue weighted by Crippen LogP contribution is 2.23. The lowest BCUT2D eigenvalue weighted by Gasteiger charge is -2.18. The van der Waals surface area contributed by atoms with Crippen LogP contribution in [0.1, 0.15) is 22.2 Å². The molecule has 0 aliphatic carbocycles. The summed E-state index contributed by atoms with van der Waals surface area (Å²) >= 11 is 0. The van der Waals surface area contributed by atoms with Gasteiger partial charge >= 0.3 is 5.97 Å². The van der Waals surface area contributed by atoms with Crippen molar-refractivity contribution < 1.29 is 19.1 Å². The van der Waals surface area contributed by atoms with Crippen LogP contribution in [0, 0.1) is 0 Å². The first-order valence-corrected chi connectivity index (χ1v) is 8.01. The normalized spacial score (nSPS) is 11.4. The van der Waals surface area contributed by atoms with Gasteiger partial charge in [0.2, 0.25) is 6.10 Å². The lowest BCUT2D eigenvalue weighted by Crippen LogP contribution is -2.26. The summed E-state index contributed by atoms with van der Waals surface area (Å²) in [4.78, 5) is 27.8. The van der Waals surface area contributed by atoms with Crippen molar-refractivity contribution in [3.8, 4) is 5.75 Å². The third-order valence-electron chi connectivity index (χ3n) is 3.72. The highest BCUT2D eigenvalue weighted by atomic mass is 16.5. The molecule has 0 aliphatic rings. The third kappa shape index (κ3) is 4.10. The zero-order chi connectivity index (χ0) is 18.4. The maximum Gasteiger partial charge on any atom is 0.355 e. The van der Waals surface area contributed by atoms with E-state index in [-0.39, 0.29) is 5.69 Å². The number of esters is 1. The van der Waals surface area contributed by atoms with E-state index < -0.39 is 18.0 Å². The van der Waals surface area contributed by atoms with Crippen LogP contribution in [-0.4, -0.2) is 24.0 Å². The zero-order valence-corrected chi connectivity index (χ0v) is 14.1. The summed E-state index contributed by atoms with van der Waals surface area (Å²) in [5.74, 6) is -0.448. The molecule has 1 atom stereocenters. The lowest BCUT2D eigenvalue weighted by atomic mass is 10.1. The van der Waals surface area contributed by atoms with E-state index in [2.05, 4.69) is 10.3 Å². The van der Waals surface area contributed by atoms with E-state index in [0.717, 1.165) is 0 Å². The Morgan fingerprint density at radius 1 is 1.00 bits per heavy atom. The maximum atomic E-state index is 12.8. The van der Waals surface area contributed by atoms with Crippen molar-refractivity contribution in [1.29, 1.82) is 0 Å². The van der Waals surface area contributed by atoms with E-state index >= 15 is 0 Å². The Morgan fingerprint density at radius 2 is 1.81 bits per heavy atom. The fraction of sp³-hybridized carbons (Fsp3) is 0.100. The number of amides is 1. The molecule has 3 rings (SSSR count). The van der Waals surface area contributed by atoms with E-state index in [4.69, 9.17) is 9.47 Å². The maximum absolute atomic E-state index is 12.8. The van der Waals surface area contributed by atoms with Gasteiger partial charge in [0, 0.05) is 23.5 Å². The van der Waals surface area contributed by atoms with Gasteiger partial charge in [0.05, 0.1) is 7.11 Å². The monoisotopic (exact) mass is 350 g/mol. The predicted molar refractivity (Wildman–Crippen MR) is 97.0 cm³/mol. The van der Waals surface area contributed by atoms with E-state index in [1.165, 1.54) is 0 Å². The number of methoxy groups -OCH3 is 1. The van der Waals surface area contributed by atoms with Crippen molar-refractivity contribution in [3.63, 3.8) is 0 Å². The molecule has 0 saturated carbocycles. The highest BCUT2D eigenvalue weighted by Gasteiger charge is 2.26. The Balaban J connectivity index is 1.82. The quantitative estimate of drug-likeness (QED) is 0.666. The van der Waals surface area contributed by atoms with Gasteiger partial charge in [-0.1, -0.05) is 36.4 Å². The molecular formula is C20H18N2O4. The van der Waals surface area contributed by atoms with Crippen molar-refractivity contribution >= 4 is 17.6 Å². The molecule has 0 fully saturated rings. The molecule has 0 bridgehead atoms. The van der Waals surface area contributed by atoms with Crippen LogP contribution in [0.25, 0.3) is 0 Å². The summed E-state index contributed by atoms with van der Waals surface area (Å²) in [6.07, 6.45) is 0.531. The number of nitrogens with one attached hydrogen (secondary N) is 2. The van der Waals surface area contributed by atoms with Gasteiger partial charge in [-0.2, -0.15) is 0 Å². The number of hydrogen-bond acceptors (Lipinski definition) is 4. The number of ether oxygens (including phenoxy) is 2. The van der Waals surface area contributed by atoms with Crippen LogP contribution in [0.4, 0.5) is 5.69 Å². The number of benzene rings is 2. The van der Waals surface area contributed by atoms with E-state index in [1.807, 2.05) is 6.07 Å². The Bertz CT molecular complexity index is 876. The molecule has 3 aromatic rings. The first kappa shape index (κ1) is 17.3. The summed E-state index contributed by atoms with van der Waals surface area (Å²) in [6, 6.07) is 19.1. The largest absolute Gasteiger partial charge is 0.497 e. The minimum Gasteiger partial charge on any atom is -0.497 e. The molecule has 0 spiro atoms. The molecular weight excluding hydrogens is 332 g/mol. The molecule has 2 aromatic carbocycles. The Hall–Kier alpha value is -3.54. The minimum absolute atomic E-state index is 0.278. The number of H-pyrrole nitrogens is 1. The summed E-state index contributed by atoms with van der Waals surface area (Å²) in [7, 11) is 1.55. The SMILES string of the molecule is COc1cccc(NC(=O)[C@H](OC(=O)c2ccc[nH]2)c2ccccc2)c1. The van der Waals surface area contributed by atoms with Crippen LogP contribution in [-0.2, 0) is 9.53 Å². The number of carbonyl (C=O) groups excluding carboxylic acids is 2. The molecule has 132 valence electrons. The second-order valence-corrected chi connectivity index (χ2v) is 5.50. The Labute approximate surface area is 150 Å². The predicted octanol–water partition coefficient (Wildman–Crippen LogP) is 3.56. The van der Waals surface area contributed by atoms with Gasteiger partial charge in [-0.15, -0.1) is 0 Å². The van der Waals surface area contributed by atoms with Gasteiger partial charge in [-0.25, -0.2) is 4.79 Å². The molecule has 0 unspecified atom stereocenters. The van der Waals surface area contributed by atoms with Gasteiger partial charge in [0.25, 0.3) is 5.91 Å². The molecule has 6 heteroatoms. The van der Waals surface area contributed by atoms with Crippen molar-refractivity contribution in [1.82, 2.24) is 4.98 Å².